The van der Waals surface area contributed by atoms with Crippen LogP contribution in [0, 0.1) is 0 Å². The molecule has 0 unspecified atom stereocenters. The van der Waals surface area contributed by atoms with Crippen LogP contribution < -0.4 is 4.74 Å². The maximum absolute atomic E-state index is 12.3. The molecule has 0 aliphatic carbocycles. The molecule has 0 saturated carbocycles. The van der Waals surface area contributed by atoms with Gasteiger partial charge in [-0.25, -0.2) is 0 Å². The molecule has 0 N–H and O–H groups in total. The smallest absolute Gasteiger partial charge is 0.256 e. The van der Waals surface area contributed by atoms with E-state index in [4.69, 9.17) is 17.0 Å². The molecule has 0 spiro atoms. The van der Waals surface area contributed by atoms with Gasteiger partial charge in [0.2, 0.25) is 0 Å². The van der Waals surface area contributed by atoms with Crippen LogP contribution >= 0.6 is 55.8 Å². The van der Waals surface area contributed by atoms with Crippen molar-refractivity contribution in [3.05, 3.63) is 29.8 Å². The van der Waals surface area contributed by atoms with Crippen LogP contribution in [-0.4, -0.2) is 32.9 Å². The van der Waals surface area contributed by atoms with Crippen molar-refractivity contribution in [2.24, 2.45) is 0 Å². The second kappa shape index (κ2) is 5.71. The fraction of sp³-hybridized carbons (Fsp3) is 0.333. The molecule has 3 nitrogen and oxygen atoms in total. The van der Waals surface area contributed by atoms with E-state index in [0.717, 1.165) is 11.3 Å². The third-order valence-corrected chi connectivity index (χ3v) is 7.94. The van der Waals surface area contributed by atoms with Gasteiger partial charge >= 0.3 is 0 Å². The minimum Gasteiger partial charge on any atom is -0.497 e. The molecular weight excluding hydrogens is 414 g/mol. The van der Waals surface area contributed by atoms with Gasteiger partial charge in [-0.1, -0.05) is 68.0 Å². The van der Waals surface area contributed by atoms with E-state index < -0.39 is 3.66 Å². The van der Waals surface area contributed by atoms with Gasteiger partial charge < -0.3 is 4.74 Å². The zero-order valence-corrected chi connectivity index (χ0v) is 15.0. The van der Waals surface area contributed by atoms with Crippen molar-refractivity contribution in [1.82, 2.24) is 4.90 Å². The Labute approximate surface area is 138 Å². The molecule has 1 fully saturated rings. The monoisotopic (exact) mass is 423 g/mol. The van der Waals surface area contributed by atoms with Crippen LogP contribution in [0.4, 0.5) is 0 Å². The predicted molar refractivity (Wildman–Crippen MR) is 89.3 cm³/mol. The molecule has 1 aliphatic heterocycles. The molecule has 19 heavy (non-hydrogen) atoms. The number of nitrogens with zero attached hydrogens (tertiary/aromatic N) is 1. The van der Waals surface area contributed by atoms with E-state index in [1.54, 1.807) is 14.2 Å². The molecule has 0 radical (unpaired) electrons. The second-order valence-electron chi connectivity index (χ2n) is 4.01. The van der Waals surface area contributed by atoms with Crippen molar-refractivity contribution in [2.75, 3.05) is 14.2 Å². The average Bonchev–Trinajstić information content (AvgIpc) is 2.63. The van der Waals surface area contributed by atoms with Crippen molar-refractivity contribution >= 4 is 66.1 Å². The maximum atomic E-state index is 12.3. The van der Waals surface area contributed by atoms with Crippen LogP contribution in [0.5, 0.6) is 5.75 Å². The third-order valence-electron chi connectivity index (χ3n) is 2.84. The largest absolute Gasteiger partial charge is 0.497 e. The molecule has 1 aromatic rings. The number of hydrogen-bond acceptors (Lipinski definition) is 4. The number of hydrogen-bond donors (Lipinski definition) is 0. The Kier molecular flexibility index (Phi) is 4.59. The molecule has 102 valence electrons. The quantitative estimate of drug-likeness (QED) is 0.546. The molecule has 0 aromatic heterocycles. The topological polar surface area (TPSA) is 29.5 Å². The van der Waals surface area contributed by atoms with Crippen LogP contribution in [0.2, 0.25) is 0 Å². The van der Waals surface area contributed by atoms with Crippen LogP contribution in [0.25, 0.3) is 0 Å². The normalized spacial score (nSPS) is 24.7. The van der Waals surface area contributed by atoms with E-state index in [2.05, 4.69) is 31.9 Å². The van der Waals surface area contributed by atoms with Gasteiger partial charge in [-0.05, 0) is 17.7 Å². The lowest BCUT2D eigenvalue weighted by Gasteiger charge is -2.24. The highest BCUT2D eigenvalue weighted by atomic mass is 79.9. The number of thiocarbonyl (C=S) groups is 1. The number of methoxy groups -OCH3 is 1. The van der Waals surface area contributed by atoms with Gasteiger partial charge in [0.05, 0.1) is 11.9 Å². The molecule has 1 aliphatic rings. The van der Waals surface area contributed by atoms with Crippen molar-refractivity contribution in [2.45, 2.75) is 8.48 Å². The lowest BCUT2D eigenvalue weighted by atomic mass is 10.1. The number of rotatable bonds is 3. The fourth-order valence-corrected chi connectivity index (χ4v) is 5.21. The van der Waals surface area contributed by atoms with E-state index in [-0.39, 0.29) is 10.7 Å². The summed E-state index contributed by atoms with van der Waals surface area (Å²) in [7, 11) is 3.31. The zero-order chi connectivity index (χ0) is 14.2. The molecule has 1 saturated heterocycles. The molecule has 1 heterocycles. The Balaban J connectivity index is 2.30. The lowest BCUT2D eigenvalue weighted by molar-refractivity contribution is -0.125. The highest BCUT2D eigenvalue weighted by Crippen LogP contribution is 2.53. The number of carbonyl (C=O) groups is 1. The van der Waals surface area contributed by atoms with Crippen LogP contribution in [-0.2, 0) is 4.79 Å². The summed E-state index contributed by atoms with van der Waals surface area (Å²) < 4.78 is 4.90. The summed E-state index contributed by atoms with van der Waals surface area (Å²) in [6.45, 7) is 0. The number of amides is 1. The van der Waals surface area contributed by atoms with Crippen LogP contribution in [0.3, 0.4) is 0 Å². The predicted octanol–water partition coefficient (Wildman–Crippen LogP) is 3.71. The first kappa shape index (κ1) is 15.3. The highest BCUT2D eigenvalue weighted by Gasteiger charge is 2.52. The minimum absolute atomic E-state index is 0.0554. The number of alkyl halides is 2. The van der Waals surface area contributed by atoms with Gasteiger partial charge in [0, 0.05) is 7.05 Å². The van der Waals surface area contributed by atoms with Crippen molar-refractivity contribution in [1.29, 1.82) is 0 Å². The maximum Gasteiger partial charge on any atom is 0.256 e. The fourth-order valence-electron chi connectivity index (χ4n) is 1.70. The van der Waals surface area contributed by atoms with Gasteiger partial charge in [-0.15, -0.1) is 0 Å². The van der Waals surface area contributed by atoms with E-state index in [9.17, 15) is 4.79 Å². The van der Waals surface area contributed by atoms with Crippen LogP contribution in [0.15, 0.2) is 24.3 Å². The van der Waals surface area contributed by atoms with Crippen molar-refractivity contribution in [3.63, 3.8) is 0 Å². The first-order valence-corrected chi connectivity index (χ1v) is 8.31. The number of ether oxygens (including phenoxy) is 1. The Morgan fingerprint density at radius 3 is 2.42 bits per heavy atom. The summed E-state index contributed by atoms with van der Waals surface area (Å²) in [5.74, 6) is 0.727. The molecule has 2 rings (SSSR count). The number of thioether (sulfide) groups is 1. The first-order chi connectivity index (χ1) is 8.90. The Morgan fingerprint density at radius 1 is 1.42 bits per heavy atom. The van der Waals surface area contributed by atoms with Crippen LogP contribution in [0.1, 0.15) is 10.4 Å². The summed E-state index contributed by atoms with van der Waals surface area (Å²) >= 11 is 13.6. The molecule has 2 atom stereocenters. The Morgan fingerprint density at radius 2 is 2.00 bits per heavy atom. The van der Waals surface area contributed by atoms with Crippen molar-refractivity contribution in [3.8, 4) is 5.75 Å². The summed E-state index contributed by atoms with van der Waals surface area (Å²) in [6, 6.07) is 7.59. The van der Waals surface area contributed by atoms with Crippen molar-refractivity contribution < 1.29 is 9.53 Å². The Hall–Kier alpha value is -0.110. The van der Waals surface area contributed by atoms with Gasteiger partial charge in [0.1, 0.15) is 10.1 Å². The van der Waals surface area contributed by atoms with E-state index in [1.807, 2.05) is 24.3 Å². The average molecular weight is 425 g/mol. The summed E-state index contributed by atoms with van der Waals surface area (Å²) in [5, 5.41) is 0. The van der Waals surface area contributed by atoms with E-state index >= 15 is 0 Å². The molecule has 0 bridgehead atoms. The second-order valence-corrected chi connectivity index (χ2v) is 8.58. The Bertz CT molecular complexity index is 523. The minimum atomic E-state index is -0.798. The molecule has 7 heteroatoms. The van der Waals surface area contributed by atoms with Gasteiger partial charge in [-0.2, -0.15) is 0 Å². The van der Waals surface area contributed by atoms with Gasteiger partial charge in [-0.3, -0.25) is 9.69 Å². The molecular formula is C12H11Br2NO2S2. The number of carbonyl (C=O) groups excluding carboxylic acids is 1. The SMILES string of the molecule is COc1ccc([C@@H](Br)[C@@]2(Br)SC(=S)N(C)C2=O)cc1. The highest BCUT2D eigenvalue weighted by molar-refractivity contribution is 9.14. The van der Waals surface area contributed by atoms with E-state index in [0.29, 0.717) is 4.32 Å². The first-order valence-electron chi connectivity index (χ1n) is 5.38. The van der Waals surface area contributed by atoms with Gasteiger partial charge in [0.15, 0.2) is 3.66 Å². The zero-order valence-electron chi connectivity index (χ0n) is 10.2. The summed E-state index contributed by atoms with van der Waals surface area (Å²) in [5.41, 5.74) is 0.983. The summed E-state index contributed by atoms with van der Waals surface area (Å²) in [4.78, 5) is 13.6. The lowest BCUT2D eigenvalue weighted by Crippen LogP contribution is -2.35. The third kappa shape index (κ3) is 2.70. The van der Waals surface area contributed by atoms with E-state index in [1.165, 1.54) is 16.7 Å². The molecule has 1 aromatic carbocycles. The standard InChI is InChI=1S/C12H11Br2NO2S2/c1-15-10(16)12(14,19-11(15)18)9(13)7-3-5-8(17-2)6-4-7/h3-6,9H,1-2H3/t9-,12-/m1/s1. The molecule has 1 amide bonds. The summed E-state index contributed by atoms with van der Waals surface area (Å²) in [6.07, 6.45) is 0. The number of benzene rings is 1. The number of halogens is 2. The van der Waals surface area contributed by atoms with Gasteiger partial charge in [0.25, 0.3) is 5.91 Å².